The van der Waals surface area contributed by atoms with Crippen molar-refractivity contribution in [3.8, 4) is 0 Å². The topological polar surface area (TPSA) is 37.3 Å². The molecule has 80 valence electrons. The zero-order valence-corrected chi connectivity index (χ0v) is 8.94. The normalized spacial score (nSPS) is 47.7. The Bertz CT molecular complexity index is 380. The molecule has 2 nitrogen and oxygen atoms in total. The van der Waals surface area contributed by atoms with Gasteiger partial charge in [-0.1, -0.05) is 23.8 Å². The predicted molar refractivity (Wildman–Crippen MR) is 57.2 cm³/mol. The lowest BCUT2D eigenvalue weighted by molar-refractivity contribution is -0.138. The van der Waals surface area contributed by atoms with E-state index in [9.17, 15) is 9.90 Å². The first kappa shape index (κ1) is 9.34. The molecule has 2 heteroatoms. The van der Waals surface area contributed by atoms with Crippen molar-refractivity contribution in [3.05, 3.63) is 23.8 Å². The van der Waals surface area contributed by atoms with Crippen molar-refractivity contribution in [2.24, 2.45) is 17.3 Å². The van der Waals surface area contributed by atoms with Gasteiger partial charge in [0.05, 0.1) is 11.5 Å². The maximum Gasteiger partial charge on any atom is 0.144 e. The lowest BCUT2D eigenvalue weighted by atomic mass is 9.52. The van der Waals surface area contributed by atoms with Crippen molar-refractivity contribution in [1.29, 1.82) is 0 Å². The number of rotatable bonds is 0. The Balaban J connectivity index is 2.14. The van der Waals surface area contributed by atoms with Gasteiger partial charge in [-0.25, -0.2) is 0 Å². The Hall–Kier alpha value is -0.890. The smallest absolute Gasteiger partial charge is 0.144 e. The molecule has 0 amide bonds. The lowest BCUT2D eigenvalue weighted by Crippen LogP contribution is -2.52. The maximum absolute atomic E-state index is 12.1. The van der Waals surface area contributed by atoms with Gasteiger partial charge in [0, 0.05) is 12.3 Å². The van der Waals surface area contributed by atoms with Crippen molar-refractivity contribution in [2.75, 3.05) is 0 Å². The molecule has 1 N–H and O–H groups in total. The van der Waals surface area contributed by atoms with Gasteiger partial charge in [-0.2, -0.15) is 0 Å². The molecule has 0 aromatic carbocycles. The molecular weight excluding hydrogens is 188 g/mol. The van der Waals surface area contributed by atoms with Gasteiger partial charge >= 0.3 is 0 Å². The Kier molecular flexibility index (Phi) is 1.76. The number of carbonyl (C=O) groups excluding carboxylic acids is 1. The van der Waals surface area contributed by atoms with Crippen LogP contribution >= 0.6 is 0 Å². The van der Waals surface area contributed by atoms with E-state index in [0.29, 0.717) is 18.1 Å². The van der Waals surface area contributed by atoms with Gasteiger partial charge < -0.3 is 5.11 Å². The number of Topliss-reactive ketones (excluding diaryl/α,β-unsaturated/α-hetero) is 1. The highest BCUT2D eigenvalue weighted by atomic mass is 16.3. The summed E-state index contributed by atoms with van der Waals surface area (Å²) in [4.78, 5) is 12.1. The van der Waals surface area contributed by atoms with Gasteiger partial charge in [-0.05, 0) is 25.7 Å². The van der Waals surface area contributed by atoms with Crippen LogP contribution in [-0.2, 0) is 4.79 Å². The Morgan fingerprint density at radius 3 is 3.13 bits per heavy atom. The Morgan fingerprint density at radius 2 is 2.33 bits per heavy atom. The first-order valence-corrected chi connectivity index (χ1v) is 5.71. The van der Waals surface area contributed by atoms with E-state index in [1.54, 1.807) is 0 Å². The summed E-state index contributed by atoms with van der Waals surface area (Å²) < 4.78 is 0. The third-order valence-electron chi connectivity index (χ3n) is 4.48. The van der Waals surface area contributed by atoms with Gasteiger partial charge in [0.15, 0.2) is 0 Å². The number of ketones is 1. The summed E-state index contributed by atoms with van der Waals surface area (Å²) in [6.45, 7) is 2.12. The fraction of sp³-hybridized carbons (Fsp3) is 0.615. The molecule has 4 atom stereocenters. The molecule has 2 bridgehead atoms. The minimum atomic E-state index is -0.421. The molecule has 0 aromatic rings. The molecule has 1 fully saturated rings. The Labute approximate surface area is 89.7 Å². The predicted octanol–water partition coefficient (Wildman–Crippen LogP) is 1.85. The number of aliphatic hydroxyl groups is 1. The summed E-state index contributed by atoms with van der Waals surface area (Å²) in [5.74, 6) is 0.876. The van der Waals surface area contributed by atoms with Crippen molar-refractivity contribution in [1.82, 2.24) is 0 Å². The van der Waals surface area contributed by atoms with Crippen LogP contribution in [0.25, 0.3) is 0 Å². The number of hydrogen-bond acceptors (Lipinski definition) is 2. The van der Waals surface area contributed by atoms with Gasteiger partial charge in [-0.15, -0.1) is 0 Å². The highest BCUT2D eigenvalue weighted by Gasteiger charge is 2.54. The molecule has 4 aliphatic carbocycles. The summed E-state index contributed by atoms with van der Waals surface area (Å²) >= 11 is 0. The number of fused-ring (bicyclic) bond motifs is 1. The van der Waals surface area contributed by atoms with Crippen LogP contribution < -0.4 is 0 Å². The van der Waals surface area contributed by atoms with Crippen LogP contribution in [0.5, 0.6) is 0 Å². The zero-order chi connectivity index (χ0) is 10.6. The molecule has 0 saturated heterocycles. The minimum Gasteiger partial charge on any atom is -0.389 e. The second-order valence-corrected chi connectivity index (χ2v) is 5.22. The zero-order valence-electron chi connectivity index (χ0n) is 8.94. The number of hydrogen-bond donors (Lipinski definition) is 1. The van der Waals surface area contributed by atoms with E-state index in [4.69, 9.17) is 0 Å². The van der Waals surface area contributed by atoms with Gasteiger partial charge in [-0.3, -0.25) is 4.79 Å². The molecule has 0 heterocycles. The average Bonchev–Trinajstić information content (AvgIpc) is 2.19. The monoisotopic (exact) mass is 204 g/mol. The minimum absolute atomic E-state index is 0.137. The van der Waals surface area contributed by atoms with Crippen LogP contribution in [-0.4, -0.2) is 17.0 Å². The number of allylic oxidation sites excluding steroid dienone is 3. The molecule has 4 aliphatic rings. The summed E-state index contributed by atoms with van der Waals surface area (Å²) in [6, 6.07) is 0. The largest absolute Gasteiger partial charge is 0.389 e. The summed E-state index contributed by atoms with van der Waals surface area (Å²) in [7, 11) is 0. The van der Waals surface area contributed by atoms with Crippen LogP contribution in [0.1, 0.15) is 26.2 Å². The van der Waals surface area contributed by atoms with Crippen LogP contribution in [0.3, 0.4) is 0 Å². The summed E-state index contributed by atoms with van der Waals surface area (Å²) in [6.07, 6.45) is 8.01. The Morgan fingerprint density at radius 1 is 1.53 bits per heavy atom. The van der Waals surface area contributed by atoms with E-state index < -0.39 is 6.10 Å². The molecule has 0 unspecified atom stereocenters. The van der Waals surface area contributed by atoms with Crippen molar-refractivity contribution in [2.45, 2.75) is 32.3 Å². The van der Waals surface area contributed by atoms with Crippen molar-refractivity contribution in [3.63, 3.8) is 0 Å². The van der Waals surface area contributed by atoms with Gasteiger partial charge in [0.1, 0.15) is 5.78 Å². The molecule has 1 spiro atoms. The molecular formula is C13H16O2. The third-order valence-corrected chi connectivity index (χ3v) is 4.48. The highest BCUT2D eigenvalue weighted by molar-refractivity contribution is 5.90. The second-order valence-electron chi connectivity index (χ2n) is 5.22. The van der Waals surface area contributed by atoms with E-state index in [1.165, 1.54) is 5.57 Å². The van der Waals surface area contributed by atoms with Gasteiger partial charge in [0.2, 0.25) is 0 Å². The van der Waals surface area contributed by atoms with E-state index in [0.717, 1.165) is 12.8 Å². The SMILES string of the molecule is CC1=C[C@@]23CC=C[C@@H](O)[C@H]2C[C@@H]1CC3=O. The maximum atomic E-state index is 12.1. The molecule has 15 heavy (non-hydrogen) atoms. The highest BCUT2D eigenvalue weighted by Crippen LogP contribution is 2.55. The second kappa shape index (κ2) is 2.82. The van der Waals surface area contributed by atoms with Crippen molar-refractivity contribution < 1.29 is 9.90 Å². The van der Waals surface area contributed by atoms with Gasteiger partial charge in [0.25, 0.3) is 0 Å². The lowest BCUT2D eigenvalue weighted by Gasteiger charge is -2.51. The molecule has 0 aromatic heterocycles. The average molecular weight is 204 g/mol. The van der Waals surface area contributed by atoms with E-state index >= 15 is 0 Å². The summed E-state index contributed by atoms with van der Waals surface area (Å²) in [5, 5.41) is 9.96. The fourth-order valence-electron chi connectivity index (χ4n) is 3.58. The standard InChI is InChI=1S/C13H16O2/c1-8-7-13-4-2-3-11(14)10(13)5-9(8)6-12(13)15/h2-3,7,9-11,14H,4-6H2,1H3/t9-,10-,11-,13+/m1/s1. The number of carbonyl (C=O) groups is 1. The van der Waals surface area contributed by atoms with Crippen LogP contribution in [0.15, 0.2) is 23.8 Å². The fourth-order valence-corrected chi connectivity index (χ4v) is 3.58. The van der Waals surface area contributed by atoms with Crippen LogP contribution in [0.2, 0.25) is 0 Å². The third kappa shape index (κ3) is 1.06. The first-order chi connectivity index (χ1) is 7.13. The van der Waals surface area contributed by atoms with E-state index in [2.05, 4.69) is 13.0 Å². The first-order valence-electron chi connectivity index (χ1n) is 5.71. The summed E-state index contributed by atoms with van der Waals surface area (Å²) in [5.41, 5.74) is 1.00. The van der Waals surface area contributed by atoms with E-state index in [1.807, 2.05) is 12.2 Å². The molecule has 4 rings (SSSR count). The quantitative estimate of drug-likeness (QED) is 0.611. The molecule has 1 saturated carbocycles. The molecule has 0 radical (unpaired) electrons. The van der Waals surface area contributed by atoms with Crippen LogP contribution in [0, 0.1) is 17.3 Å². The molecule has 0 aliphatic heterocycles. The van der Waals surface area contributed by atoms with E-state index in [-0.39, 0.29) is 11.3 Å². The van der Waals surface area contributed by atoms with Crippen LogP contribution in [0.4, 0.5) is 0 Å². The number of aliphatic hydroxyl groups excluding tert-OH is 1. The van der Waals surface area contributed by atoms with Crippen molar-refractivity contribution >= 4 is 5.78 Å².